The van der Waals surface area contributed by atoms with Crippen molar-refractivity contribution in [3.63, 3.8) is 0 Å². The highest BCUT2D eigenvalue weighted by Crippen LogP contribution is 2.30. The second-order valence-electron chi connectivity index (χ2n) is 2.81. The van der Waals surface area contributed by atoms with Crippen LogP contribution >= 0.6 is 0 Å². The fraction of sp³-hybridized carbons (Fsp3) is 0.333. The lowest BCUT2D eigenvalue weighted by Crippen LogP contribution is -2.14. The van der Waals surface area contributed by atoms with E-state index in [0.717, 1.165) is 12.3 Å². The van der Waals surface area contributed by atoms with E-state index in [9.17, 15) is 0 Å². The van der Waals surface area contributed by atoms with Crippen LogP contribution in [0.4, 0.5) is 0 Å². The van der Waals surface area contributed by atoms with Crippen LogP contribution in [0, 0.1) is 0 Å². The van der Waals surface area contributed by atoms with Crippen LogP contribution < -0.4 is 0 Å². The minimum Gasteiger partial charge on any atom is -0.469 e. The van der Waals surface area contributed by atoms with E-state index >= 15 is 0 Å². The third-order valence-corrected chi connectivity index (χ3v) is 2.12. The van der Waals surface area contributed by atoms with Gasteiger partial charge in [-0.1, -0.05) is 12.2 Å². The van der Waals surface area contributed by atoms with Crippen molar-refractivity contribution in [1.29, 1.82) is 0 Å². The zero-order valence-corrected chi connectivity index (χ0v) is 6.58. The Morgan fingerprint density at radius 2 is 2.55 bits per heavy atom. The van der Waals surface area contributed by atoms with Crippen LogP contribution in [0.3, 0.4) is 0 Å². The van der Waals surface area contributed by atoms with Crippen molar-refractivity contribution in [3.8, 4) is 0 Å². The van der Waals surface area contributed by atoms with Gasteiger partial charge >= 0.3 is 0 Å². The number of hydrogen-bond acceptors (Lipinski definition) is 2. The Balaban J connectivity index is 2.32. The summed E-state index contributed by atoms with van der Waals surface area (Å²) in [6, 6.07) is 0. The average molecular weight is 149 g/mol. The third-order valence-electron chi connectivity index (χ3n) is 2.12. The van der Waals surface area contributed by atoms with Crippen molar-refractivity contribution in [2.75, 3.05) is 7.05 Å². The Kier molecular flexibility index (Phi) is 1.28. The second-order valence-corrected chi connectivity index (χ2v) is 2.81. The molecule has 1 atom stereocenters. The van der Waals surface area contributed by atoms with E-state index in [1.54, 1.807) is 0 Å². The summed E-state index contributed by atoms with van der Waals surface area (Å²) in [4.78, 5) is 1.99. The standard InChI is InChI=1S/C9H11NO/c1-7-10(2)8-5-3-4-6-9(8)11-7/h3-5,9H,1,6H2,2H3. The predicted octanol–water partition coefficient (Wildman–Crippen LogP) is 1.63. The van der Waals surface area contributed by atoms with Gasteiger partial charge in [0.1, 0.15) is 6.10 Å². The summed E-state index contributed by atoms with van der Waals surface area (Å²) in [6.45, 7) is 3.79. The molecule has 11 heavy (non-hydrogen) atoms. The van der Waals surface area contributed by atoms with Gasteiger partial charge < -0.3 is 9.64 Å². The van der Waals surface area contributed by atoms with E-state index in [1.807, 2.05) is 11.9 Å². The van der Waals surface area contributed by atoms with Gasteiger partial charge in [0, 0.05) is 13.5 Å². The van der Waals surface area contributed by atoms with Gasteiger partial charge in [-0.2, -0.15) is 0 Å². The van der Waals surface area contributed by atoms with E-state index in [1.165, 1.54) is 5.70 Å². The molecule has 2 heteroatoms. The van der Waals surface area contributed by atoms with Gasteiger partial charge in [-0.25, -0.2) is 0 Å². The normalized spacial score (nSPS) is 28.1. The molecule has 1 saturated heterocycles. The smallest absolute Gasteiger partial charge is 0.186 e. The van der Waals surface area contributed by atoms with Crippen molar-refractivity contribution in [3.05, 3.63) is 36.4 Å². The zero-order chi connectivity index (χ0) is 7.84. The molecule has 1 heterocycles. The highest BCUT2D eigenvalue weighted by atomic mass is 16.5. The number of fused-ring (bicyclic) bond motifs is 1. The Morgan fingerprint density at radius 3 is 3.27 bits per heavy atom. The Morgan fingerprint density at radius 1 is 1.73 bits per heavy atom. The van der Waals surface area contributed by atoms with Crippen LogP contribution in [0.2, 0.25) is 0 Å². The fourth-order valence-electron chi connectivity index (χ4n) is 1.42. The van der Waals surface area contributed by atoms with E-state index in [-0.39, 0.29) is 6.10 Å². The maximum Gasteiger partial charge on any atom is 0.186 e. The van der Waals surface area contributed by atoms with Crippen LogP contribution in [0.25, 0.3) is 0 Å². The van der Waals surface area contributed by atoms with Crippen LogP contribution in [0.1, 0.15) is 6.42 Å². The first-order valence-corrected chi connectivity index (χ1v) is 3.75. The molecule has 0 aromatic carbocycles. The van der Waals surface area contributed by atoms with Crippen LogP contribution in [-0.4, -0.2) is 18.1 Å². The SMILES string of the molecule is C=C1OC2CC=CC=C2N1C. The van der Waals surface area contributed by atoms with Gasteiger partial charge in [0.25, 0.3) is 0 Å². The quantitative estimate of drug-likeness (QED) is 0.519. The minimum atomic E-state index is 0.220. The summed E-state index contributed by atoms with van der Waals surface area (Å²) in [5.41, 5.74) is 1.22. The Labute approximate surface area is 66.5 Å². The molecule has 0 N–H and O–H groups in total. The Bertz CT molecular complexity index is 252. The van der Waals surface area contributed by atoms with Gasteiger partial charge in [-0.3, -0.25) is 0 Å². The molecule has 2 nitrogen and oxygen atoms in total. The van der Waals surface area contributed by atoms with Crippen molar-refractivity contribution in [2.24, 2.45) is 0 Å². The Hall–Kier alpha value is -1.18. The van der Waals surface area contributed by atoms with Crippen molar-refractivity contribution in [2.45, 2.75) is 12.5 Å². The lowest BCUT2D eigenvalue weighted by Gasteiger charge is -2.13. The summed E-state index contributed by atoms with van der Waals surface area (Å²) in [7, 11) is 1.98. The molecular formula is C9H11NO. The molecular weight excluding hydrogens is 138 g/mol. The molecule has 0 aromatic rings. The molecule has 0 aromatic heterocycles. The van der Waals surface area contributed by atoms with Crippen molar-refractivity contribution < 1.29 is 4.74 Å². The lowest BCUT2D eigenvalue weighted by atomic mass is 10.1. The summed E-state index contributed by atoms with van der Waals surface area (Å²) in [5.74, 6) is 0.755. The van der Waals surface area contributed by atoms with E-state index in [2.05, 4.69) is 24.8 Å². The molecule has 0 amide bonds. The van der Waals surface area contributed by atoms with E-state index < -0.39 is 0 Å². The largest absolute Gasteiger partial charge is 0.469 e. The lowest BCUT2D eigenvalue weighted by molar-refractivity contribution is 0.171. The first kappa shape index (κ1) is 6.53. The van der Waals surface area contributed by atoms with Crippen LogP contribution in [0.5, 0.6) is 0 Å². The number of allylic oxidation sites excluding steroid dienone is 2. The summed E-state index contributed by atoms with van der Waals surface area (Å²) in [6.07, 6.45) is 7.43. The number of nitrogens with zero attached hydrogens (tertiary/aromatic N) is 1. The van der Waals surface area contributed by atoms with Gasteiger partial charge in [0.05, 0.1) is 5.70 Å². The van der Waals surface area contributed by atoms with Crippen LogP contribution in [-0.2, 0) is 4.74 Å². The topological polar surface area (TPSA) is 12.5 Å². The monoisotopic (exact) mass is 149 g/mol. The first-order valence-electron chi connectivity index (χ1n) is 3.75. The zero-order valence-electron chi connectivity index (χ0n) is 6.58. The van der Waals surface area contributed by atoms with Gasteiger partial charge in [0.2, 0.25) is 0 Å². The van der Waals surface area contributed by atoms with Gasteiger partial charge in [-0.05, 0) is 12.7 Å². The third kappa shape index (κ3) is 0.862. The molecule has 2 aliphatic rings. The number of ether oxygens (including phenoxy) is 1. The fourth-order valence-corrected chi connectivity index (χ4v) is 1.42. The molecule has 0 radical (unpaired) electrons. The molecule has 58 valence electrons. The maximum atomic E-state index is 5.49. The molecule has 1 aliphatic carbocycles. The maximum absolute atomic E-state index is 5.49. The average Bonchev–Trinajstić information content (AvgIpc) is 2.30. The first-order chi connectivity index (χ1) is 5.29. The van der Waals surface area contributed by atoms with Gasteiger partial charge in [0.15, 0.2) is 5.88 Å². The number of rotatable bonds is 0. The molecule has 2 rings (SSSR count). The van der Waals surface area contributed by atoms with E-state index in [4.69, 9.17) is 4.74 Å². The molecule has 0 spiro atoms. The van der Waals surface area contributed by atoms with Crippen LogP contribution in [0.15, 0.2) is 36.4 Å². The second kappa shape index (κ2) is 2.16. The highest BCUT2D eigenvalue weighted by molar-refractivity contribution is 5.27. The molecule has 1 unspecified atom stereocenters. The highest BCUT2D eigenvalue weighted by Gasteiger charge is 2.29. The number of likely N-dealkylation sites (N-methyl/N-ethyl adjacent to an activating group) is 1. The molecule has 1 fully saturated rings. The summed E-state index contributed by atoms with van der Waals surface area (Å²) >= 11 is 0. The summed E-state index contributed by atoms with van der Waals surface area (Å²) < 4.78 is 5.49. The molecule has 0 bridgehead atoms. The molecule has 1 aliphatic heterocycles. The number of hydrogen-bond donors (Lipinski definition) is 0. The summed E-state index contributed by atoms with van der Waals surface area (Å²) in [5, 5.41) is 0. The van der Waals surface area contributed by atoms with Crippen molar-refractivity contribution in [1.82, 2.24) is 4.90 Å². The van der Waals surface area contributed by atoms with E-state index in [0.29, 0.717) is 0 Å². The predicted molar refractivity (Wildman–Crippen MR) is 43.6 cm³/mol. The molecule has 0 saturated carbocycles. The van der Waals surface area contributed by atoms with Gasteiger partial charge in [-0.15, -0.1) is 0 Å². The van der Waals surface area contributed by atoms with Crippen molar-refractivity contribution >= 4 is 0 Å². The minimum absolute atomic E-state index is 0.220.